The fourth-order valence-electron chi connectivity index (χ4n) is 7.53. The van der Waals surface area contributed by atoms with E-state index in [1.807, 2.05) is 0 Å². The van der Waals surface area contributed by atoms with Gasteiger partial charge in [-0.2, -0.15) is 0 Å². The van der Waals surface area contributed by atoms with Crippen LogP contribution in [0.2, 0.25) is 0 Å². The van der Waals surface area contributed by atoms with Crippen LogP contribution in [0.4, 0.5) is 0 Å². The summed E-state index contributed by atoms with van der Waals surface area (Å²) in [5, 5.41) is 0. The summed E-state index contributed by atoms with van der Waals surface area (Å²) >= 11 is 0. The van der Waals surface area contributed by atoms with Gasteiger partial charge in [0.2, 0.25) is 0 Å². The average Bonchev–Trinajstić information content (AvgIpc) is 3.30. The van der Waals surface area contributed by atoms with Crippen molar-refractivity contribution in [1.29, 1.82) is 0 Å². The second-order valence-electron chi connectivity index (χ2n) is 18.1. The first-order valence-electron chi connectivity index (χ1n) is 27.4. The van der Waals surface area contributed by atoms with E-state index >= 15 is 0 Å². The molecule has 0 aromatic carbocycles. The molecule has 0 aliphatic rings. The molecule has 0 saturated carbocycles. The van der Waals surface area contributed by atoms with Crippen LogP contribution in [0, 0.1) is 0 Å². The maximum Gasteiger partial charge on any atom is 0.306 e. The minimum Gasteiger partial charge on any atom is -0.462 e. The summed E-state index contributed by atoms with van der Waals surface area (Å²) in [6, 6.07) is 0. The normalized spacial score (nSPS) is 12.6. The van der Waals surface area contributed by atoms with Crippen molar-refractivity contribution in [2.45, 2.75) is 271 Å². The molecule has 1 atom stereocenters. The lowest BCUT2D eigenvalue weighted by atomic mass is 10.1. The van der Waals surface area contributed by atoms with E-state index in [2.05, 4.69) is 93.7 Å². The van der Waals surface area contributed by atoms with Crippen LogP contribution in [-0.4, -0.2) is 37.2 Å². The Morgan fingerprint density at radius 3 is 1.00 bits per heavy atom. The summed E-state index contributed by atoms with van der Waals surface area (Å²) in [7, 11) is 0. The van der Waals surface area contributed by atoms with Gasteiger partial charge < -0.3 is 14.2 Å². The van der Waals surface area contributed by atoms with E-state index in [9.17, 15) is 14.4 Å². The van der Waals surface area contributed by atoms with E-state index in [0.717, 1.165) is 122 Å². The van der Waals surface area contributed by atoms with Gasteiger partial charge >= 0.3 is 17.9 Å². The number of esters is 3. The average molecular weight is 907 g/mol. The Bertz CT molecular complexity index is 1230. The van der Waals surface area contributed by atoms with Crippen molar-refractivity contribution >= 4 is 17.9 Å². The molecule has 6 nitrogen and oxygen atoms in total. The number of hydrogen-bond donors (Lipinski definition) is 0. The van der Waals surface area contributed by atoms with Gasteiger partial charge in [0.15, 0.2) is 6.10 Å². The van der Waals surface area contributed by atoms with Crippen LogP contribution in [0.5, 0.6) is 0 Å². The fraction of sp³-hybridized carbons (Fsp3) is 0.746. The van der Waals surface area contributed by atoms with Crippen molar-refractivity contribution in [3.8, 4) is 0 Å². The SMILES string of the molecule is CC/C=C\C/C=C\C/C=C\CCCCCCCC(=O)OC(COC(=O)CCCCCCC/C=C\C/C=C\CCCC)COC(=O)CCCCCCCCC/C=C\CCCCCCCCC. The quantitative estimate of drug-likeness (QED) is 0.0262. The monoisotopic (exact) mass is 907 g/mol. The smallest absolute Gasteiger partial charge is 0.306 e. The Morgan fingerprint density at radius 1 is 0.323 bits per heavy atom. The third kappa shape index (κ3) is 51.7. The Hall–Kier alpha value is -3.15. The number of unbranched alkanes of at least 4 members (excludes halogenated alkanes) is 26. The first-order valence-corrected chi connectivity index (χ1v) is 27.4. The molecular weight excluding hydrogens is 805 g/mol. The molecule has 0 spiro atoms. The number of carbonyl (C=O) groups is 3. The van der Waals surface area contributed by atoms with E-state index < -0.39 is 6.10 Å². The van der Waals surface area contributed by atoms with Gasteiger partial charge in [0.25, 0.3) is 0 Å². The zero-order valence-electron chi connectivity index (χ0n) is 42.7. The molecule has 0 aromatic rings. The van der Waals surface area contributed by atoms with Gasteiger partial charge in [0, 0.05) is 19.3 Å². The van der Waals surface area contributed by atoms with Crippen LogP contribution in [0.15, 0.2) is 72.9 Å². The highest BCUT2D eigenvalue weighted by Gasteiger charge is 2.19. The molecule has 0 rings (SSSR count). The lowest BCUT2D eigenvalue weighted by molar-refractivity contribution is -0.167. The molecule has 0 bridgehead atoms. The van der Waals surface area contributed by atoms with Gasteiger partial charge in [-0.15, -0.1) is 0 Å². The Morgan fingerprint density at radius 2 is 0.615 bits per heavy atom. The van der Waals surface area contributed by atoms with Crippen LogP contribution in [0.25, 0.3) is 0 Å². The van der Waals surface area contributed by atoms with Crippen LogP contribution < -0.4 is 0 Å². The lowest BCUT2D eigenvalue weighted by Gasteiger charge is -2.18. The summed E-state index contributed by atoms with van der Waals surface area (Å²) in [4.78, 5) is 38.1. The third-order valence-corrected chi connectivity index (χ3v) is 11.7. The molecule has 0 heterocycles. The molecule has 6 heteroatoms. The second-order valence-corrected chi connectivity index (χ2v) is 18.1. The summed E-state index contributed by atoms with van der Waals surface area (Å²) in [6.07, 6.45) is 67.4. The topological polar surface area (TPSA) is 78.9 Å². The second kappa shape index (κ2) is 53.5. The van der Waals surface area contributed by atoms with Crippen molar-refractivity contribution in [3.63, 3.8) is 0 Å². The van der Waals surface area contributed by atoms with Gasteiger partial charge in [-0.1, -0.05) is 216 Å². The van der Waals surface area contributed by atoms with Gasteiger partial charge in [0.1, 0.15) is 13.2 Å². The third-order valence-electron chi connectivity index (χ3n) is 11.7. The van der Waals surface area contributed by atoms with Gasteiger partial charge in [-0.25, -0.2) is 0 Å². The maximum atomic E-state index is 12.8. The Kier molecular flexibility index (Phi) is 50.9. The van der Waals surface area contributed by atoms with Crippen molar-refractivity contribution < 1.29 is 28.6 Å². The standard InChI is InChI=1S/C59H102O6/c1-4-7-10-13-16-19-22-25-28-29-30-32-34-37-40-43-46-49-52-58(61)64-55-56(54-63-57(60)51-48-45-42-39-36-33-27-24-21-18-15-12-9-6-3)65-59(62)53-50-47-44-41-38-35-31-26-23-20-17-14-11-8-5-2/h8,11,15,17-18,20,24,26-29,31,56H,4-7,9-10,12-14,16,19,21-23,25,30,32-55H2,1-3H3/b11-8-,18-15-,20-17-,27-24-,29-28-,31-26-. The highest BCUT2D eigenvalue weighted by atomic mass is 16.6. The number of carbonyl (C=O) groups excluding carboxylic acids is 3. The molecular formula is C59H102O6. The number of ether oxygens (including phenoxy) is 3. The van der Waals surface area contributed by atoms with Crippen LogP contribution in [0.3, 0.4) is 0 Å². The highest BCUT2D eigenvalue weighted by molar-refractivity contribution is 5.71. The van der Waals surface area contributed by atoms with Crippen molar-refractivity contribution in [3.05, 3.63) is 72.9 Å². The molecule has 0 fully saturated rings. The Balaban J connectivity index is 4.41. The molecule has 0 saturated heterocycles. The Labute approximate surface area is 402 Å². The minimum atomic E-state index is -0.792. The molecule has 0 aromatic heterocycles. The summed E-state index contributed by atoms with van der Waals surface area (Å²) in [5.41, 5.74) is 0. The van der Waals surface area contributed by atoms with E-state index in [-0.39, 0.29) is 31.1 Å². The minimum absolute atomic E-state index is 0.0891. The van der Waals surface area contributed by atoms with Crippen LogP contribution in [-0.2, 0) is 28.6 Å². The molecule has 0 radical (unpaired) electrons. The maximum absolute atomic E-state index is 12.8. The van der Waals surface area contributed by atoms with Crippen molar-refractivity contribution in [2.24, 2.45) is 0 Å². The summed E-state index contributed by atoms with van der Waals surface area (Å²) in [6.45, 7) is 6.46. The zero-order chi connectivity index (χ0) is 47.2. The highest BCUT2D eigenvalue weighted by Crippen LogP contribution is 2.14. The number of rotatable bonds is 49. The van der Waals surface area contributed by atoms with E-state index in [0.29, 0.717) is 19.3 Å². The van der Waals surface area contributed by atoms with E-state index in [1.165, 1.54) is 103 Å². The molecule has 1 unspecified atom stereocenters. The number of allylic oxidation sites excluding steroid dienone is 12. The van der Waals surface area contributed by atoms with E-state index in [1.54, 1.807) is 0 Å². The first-order chi connectivity index (χ1) is 32.0. The molecule has 0 aliphatic carbocycles. The van der Waals surface area contributed by atoms with Crippen molar-refractivity contribution in [2.75, 3.05) is 13.2 Å². The lowest BCUT2D eigenvalue weighted by Crippen LogP contribution is -2.30. The fourth-order valence-corrected chi connectivity index (χ4v) is 7.53. The molecule has 0 N–H and O–H groups in total. The number of hydrogen-bond acceptors (Lipinski definition) is 6. The van der Waals surface area contributed by atoms with Gasteiger partial charge in [0.05, 0.1) is 0 Å². The summed E-state index contributed by atoms with van der Waals surface area (Å²) in [5.74, 6) is -0.920. The van der Waals surface area contributed by atoms with Gasteiger partial charge in [-0.3, -0.25) is 14.4 Å². The largest absolute Gasteiger partial charge is 0.462 e. The predicted molar refractivity (Wildman–Crippen MR) is 279 cm³/mol. The zero-order valence-corrected chi connectivity index (χ0v) is 42.7. The van der Waals surface area contributed by atoms with Gasteiger partial charge in [-0.05, 0) is 103 Å². The predicted octanol–water partition coefficient (Wildman–Crippen LogP) is 18.2. The molecule has 65 heavy (non-hydrogen) atoms. The van der Waals surface area contributed by atoms with Crippen molar-refractivity contribution in [1.82, 2.24) is 0 Å². The molecule has 0 aliphatic heterocycles. The van der Waals surface area contributed by atoms with Crippen LogP contribution >= 0.6 is 0 Å². The van der Waals surface area contributed by atoms with Crippen LogP contribution in [0.1, 0.15) is 265 Å². The molecule has 0 amide bonds. The first kappa shape index (κ1) is 61.9. The summed E-state index contributed by atoms with van der Waals surface area (Å²) < 4.78 is 16.8. The van der Waals surface area contributed by atoms with E-state index in [4.69, 9.17) is 14.2 Å². The molecule has 374 valence electrons.